The number of aryl methyl sites for hydroxylation is 1. The van der Waals surface area contributed by atoms with Crippen molar-refractivity contribution in [3.63, 3.8) is 0 Å². The summed E-state index contributed by atoms with van der Waals surface area (Å²) in [5.74, 6) is 0.936. The average molecular weight is 290 g/mol. The largest absolute Gasteiger partial charge is 0.488 e. The Morgan fingerprint density at radius 3 is 2.81 bits per heavy atom. The van der Waals surface area contributed by atoms with E-state index in [0.29, 0.717) is 6.42 Å². The van der Waals surface area contributed by atoms with Crippen LogP contribution in [-0.4, -0.2) is 24.1 Å². The molecule has 3 atom stereocenters. The van der Waals surface area contributed by atoms with Gasteiger partial charge in [0.05, 0.1) is 6.04 Å². The van der Waals surface area contributed by atoms with E-state index >= 15 is 0 Å². The first kappa shape index (κ1) is 15.8. The highest BCUT2D eigenvalue weighted by Crippen LogP contribution is 2.26. The number of rotatable bonds is 5. The minimum Gasteiger partial charge on any atom is -0.488 e. The molecule has 1 aliphatic rings. The second-order valence-corrected chi connectivity index (χ2v) is 6.06. The second kappa shape index (κ2) is 7.46. The minimum atomic E-state index is -0.107. The highest BCUT2D eigenvalue weighted by molar-refractivity contribution is 5.76. The molecule has 0 saturated heterocycles. The van der Waals surface area contributed by atoms with E-state index in [-0.39, 0.29) is 24.1 Å². The molecule has 1 saturated carbocycles. The Labute approximate surface area is 127 Å². The predicted molar refractivity (Wildman–Crippen MR) is 84.3 cm³/mol. The molecule has 1 aromatic rings. The molecule has 4 nitrogen and oxygen atoms in total. The fourth-order valence-corrected chi connectivity index (χ4v) is 2.81. The van der Waals surface area contributed by atoms with Gasteiger partial charge in [-0.3, -0.25) is 4.79 Å². The van der Waals surface area contributed by atoms with Crippen LogP contribution in [0.1, 0.15) is 44.6 Å². The maximum atomic E-state index is 11.9. The van der Waals surface area contributed by atoms with Crippen LogP contribution in [0.3, 0.4) is 0 Å². The van der Waals surface area contributed by atoms with Gasteiger partial charge in [-0.25, -0.2) is 0 Å². The molecule has 116 valence electrons. The predicted octanol–water partition coefficient (Wildman–Crippen LogP) is 2.54. The summed E-state index contributed by atoms with van der Waals surface area (Å²) in [5, 5.41) is 3.10. The van der Waals surface area contributed by atoms with Crippen LogP contribution in [0.15, 0.2) is 24.3 Å². The molecule has 0 heterocycles. The Hall–Kier alpha value is -1.55. The van der Waals surface area contributed by atoms with Gasteiger partial charge in [0, 0.05) is 12.5 Å². The number of benzene rings is 1. The van der Waals surface area contributed by atoms with Crippen molar-refractivity contribution in [2.45, 2.75) is 64.1 Å². The van der Waals surface area contributed by atoms with Crippen molar-refractivity contribution in [3.8, 4) is 5.75 Å². The quantitative estimate of drug-likeness (QED) is 0.876. The molecular weight excluding hydrogens is 264 g/mol. The molecule has 0 radical (unpaired) electrons. The average Bonchev–Trinajstić information content (AvgIpc) is 2.42. The molecule has 2 rings (SSSR count). The lowest BCUT2D eigenvalue weighted by Crippen LogP contribution is -2.48. The van der Waals surface area contributed by atoms with E-state index in [0.717, 1.165) is 37.0 Å². The molecule has 3 unspecified atom stereocenters. The Bertz CT molecular complexity index is 474. The van der Waals surface area contributed by atoms with E-state index in [9.17, 15) is 4.79 Å². The van der Waals surface area contributed by atoms with Gasteiger partial charge in [0.1, 0.15) is 11.9 Å². The maximum Gasteiger partial charge on any atom is 0.221 e. The van der Waals surface area contributed by atoms with Crippen LogP contribution in [0.2, 0.25) is 0 Å². The van der Waals surface area contributed by atoms with Crippen molar-refractivity contribution in [1.82, 2.24) is 5.32 Å². The van der Waals surface area contributed by atoms with Crippen molar-refractivity contribution in [2.75, 3.05) is 0 Å². The van der Waals surface area contributed by atoms with E-state index in [2.05, 4.69) is 5.32 Å². The van der Waals surface area contributed by atoms with Gasteiger partial charge in [0.25, 0.3) is 0 Å². The summed E-state index contributed by atoms with van der Waals surface area (Å²) in [6, 6.07) is 8.00. The van der Waals surface area contributed by atoms with Crippen LogP contribution in [-0.2, 0) is 4.79 Å². The van der Waals surface area contributed by atoms with Crippen molar-refractivity contribution >= 4 is 5.91 Å². The van der Waals surface area contributed by atoms with Gasteiger partial charge in [-0.15, -0.1) is 0 Å². The third-order valence-corrected chi connectivity index (χ3v) is 3.93. The zero-order chi connectivity index (χ0) is 15.2. The number of carbonyl (C=O) groups is 1. The summed E-state index contributed by atoms with van der Waals surface area (Å²) < 4.78 is 6.16. The molecule has 3 N–H and O–H groups in total. The first-order valence-corrected chi connectivity index (χ1v) is 7.83. The molecule has 1 aromatic carbocycles. The Kier molecular flexibility index (Phi) is 5.62. The third kappa shape index (κ3) is 4.74. The summed E-state index contributed by atoms with van der Waals surface area (Å²) in [7, 11) is 0. The summed E-state index contributed by atoms with van der Waals surface area (Å²) >= 11 is 0. The summed E-state index contributed by atoms with van der Waals surface area (Å²) in [6.07, 6.45) is 4.66. The molecule has 1 aliphatic carbocycles. The van der Waals surface area contributed by atoms with Crippen LogP contribution in [0.25, 0.3) is 0 Å². The number of para-hydroxylation sites is 1. The number of ether oxygens (including phenoxy) is 1. The molecule has 21 heavy (non-hydrogen) atoms. The molecule has 1 fully saturated rings. The first-order chi connectivity index (χ1) is 10.1. The smallest absolute Gasteiger partial charge is 0.221 e. The maximum absolute atomic E-state index is 11.9. The molecule has 4 heteroatoms. The van der Waals surface area contributed by atoms with Crippen LogP contribution in [0.5, 0.6) is 5.75 Å². The lowest BCUT2D eigenvalue weighted by molar-refractivity contribution is -0.123. The SMILES string of the molecule is Cc1ccccc1OC1CCCCC1NC(=O)CC(C)N. The molecule has 0 bridgehead atoms. The van der Waals surface area contributed by atoms with Gasteiger partial charge < -0.3 is 15.8 Å². The number of nitrogens with one attached hydrogen (secondary N) is 1. The number of hydrogen-bond donors (Lipinski definition) is 2. The normalized spacial score (nSPS) is 23.4. The van der Waals surface area contributed by atoms with Crippen molar-refractivity contribution < 1.29 is 9.53 Å². The zero-order valence-electron chi connectivity index (χ0n) is 13.0. The fraction of sp³-hybridized carbons (Fsp3) is 0.588. The Morgan fingerprint density at radius 1 is 1.38 bits per heavy atom. The molecular formula is C17H26N2O2. The number of hydrogen-bond acceptors (Lipinski definition) is 3. The standard InChI is InChI=1S/C17H26N2O2/c1-12-7-3-5-9-15(12)21-16-10-6-4-8-14(16)19-17(20)11-13(2)18/h3,5,7,9,13-14,16H,4,6,8,10-11,18H2,1-2H3,(H,19,20). The van der Waals surface area contributed by atoms with Crippen LogP contribution in [0, 0.1) is 6.92 Å². The Balaban J connectivity index is 1.99. The van der Waals surface area contributed by atoms with E-state index < -0.39 is 0 Å². The van der Waals surface area contributed by atoms with Gasteiger partial charge in [-0.05, 0) is 44.7 Å². The van der Waals surface area contributed by atoms with Crippen LogP contribution >= 0.6 is 0 Å². The summed E-state index contributed by atoms with van der Waals surface area (Å²) in [5.41, 5.74) is 6.81. The summed E-state index contributed by atoms with van der Waals surface area (Å²) in [4.78, 5) is 11.9. The highest BCUT2D eigenvalue weighted by atomic mass is 16.5. The second-order valence-electron chi connectivity index (χ2n) is 6.06. The van der Waals surface area contributed by atoms with Gasteiger partial charge in [0.2, 0.25) is 5.91 Å². The van der Waals surface area contributed by atoms with Gasteiger partial charge in [-0.1, -0.05) is 24.6 Å². The minimum absolute atomic E-state index is 0.0234. The number of nitrogens with two attached hydrogens (primary N) is 1. The number of carbonyl (C=O) groups excluding carboxylic acids is 1. The molecule has 0 aromatic heterocycles. The van der Waals surface area contributed by atoms with Gasteiger partial charge in [-0.2, -0.15) is 0 Å². The first-order valence-electron chi connectivity index (χ1n) is 7.83. The van der Waals surface area contributed by atoms with Crippen molar-refractivity contribution in [2.24, 2.45) is 5.73 Å². The lowest BCUT2D eigenvalue weighted by atomic mass is 9.92. The van der Waals surface area contributed by atoms with Crippen molar-refractivity contribution in [1.29, 1.82) is 0 Å². The fourth-order valence-electron chi connectivity index (χ4n) is 2.81. The van der Waals surface area contributed by atoms with Gasteiger partial charge in [0.15, 0.2) is 0 Å². The van der Waals surface area contributed by atoms with E-state index in [1.807, 2.05) is 38.1 Å². The van der Waals surface area contributed by atoms with E-state index in [4.69, 9.17) is 10.5 Å². The topological polar surface area (TPSA) is 64.3 Å². The summed E-state index contributed by atoms with van der Waals surface area (Å²) in [6.45, 7) is 3.89. The number of amides is 1. The molecule has 0 spiro atoms. The lowest BCUT2D eigenvalue weighted by Gasteiger charge is -2.33. The van der Waals surface area contributed by atoms with Gasteiger partial charge >= 0.3 is 0 Å². The Morgan fingerprint density at radius 2 is 2.10 bits per heavy atom. The zero-order valence-corrected chi connectivity index (χ0v) is 13.0. The van der Waals surface area contributed by atoms with Crippen molar-refractivity contribution in [3.05, 3.63) is 29.8 Å². The monoisotopic (exact) mass is 290 g/mol. The van der Waals surface area contributed by atoms with E-state index in [1.165, 1.54) is 0 Å². The highest BCUT2D eigenvalue weighted by Gasteiger charge is 2.28. The molecule has 1 amide bonds. The third-order valence-electron chi connectivity index (χ3n) is 3.93. The van der Waals surface area contributed by atoms with Crippen LogP contribution < -0.4 is 15.8 Å². The van der Waals surface area contributed by atoms with Crippen LogP contribution in [0.4, 0.5) is 0 Å². The van der Waals surface area contributed by atoms with E-state index in [1.54, 1.807) is 0 Å². The molecule has 0 aliphatic heterocycles.